The monoisotopic (exact) mass is 236 g/mol. The summed E-state index contributed by atoms with van der Waals surface area (Å²) in [7, 11) is 0. The van der Waals surface area contributed by atoms with Crippen molar-refractivity contribution >= 4 is 0 Å². The van der Waals surface area contributed by atoms with Crippen LogP contribution >= 0.6 is 0 Å². The van der Waals surface area contributed by atoms with Gasteiger partial charge in [-0.15, -0.1) is 0 Å². The van der Waals surface area contributed by atoms with E-state index in [-0.39, 0.29) is 6.10 Å². The Morgan fingerprint density at radius 2 is 1.76 bits per heavy atom. The van der Waals surface area contributed by atoms with Crippen molar-refractivity contribution in [3.05, 3.63) is 35.4 Å². The molecule has 0 fully saturated rings. The third-order valence-corrected chi connectivity index (χ3v) is 2.93. The van der Waals surface area contributed by atoms with E-state index < -0.39 is 0 Å². The minimum atomic E-state index is -0.247. The molecule has 96 valence electrons. The largest absolute Gasteiger partial charge is 0.393 e. The SMILES string of the molecule is CCOCCCC(O)Cc1ccc(CC)cc1. The molecule has 17 heavy (non-hydrogen) atoms. The summed E-state index contributed by atoms with van der Waals surface area (Å²) in [5, 5.41) is 9.87. The number of hydrogen-bond donors (Lipinski definition) is 1. The van der Waals surface area contributed by atoms with E-state index in [1.807, 2.05) is 6.92 Å². The molecule has 2 heteroatoms. The molecule has 0 aromatic heterocycles. The molecule has 1 aromatic carbocycles. The van der Waals surface area contributed by atoms with Crippen molar-refractivity contribution in [1.82, 2.24) is 0 Å². The van der Waals surface area contributed by atoms with Gasteiger partial charge in [-0.2, -0.15) is 0 Å². The molecule has 1 aromatic rings. The van der Waals surface area contributed by atoms with E-state index in [1.54, 1.807) is 0 Å². The normalized spacial score (nSPS) is 12.6. The predicted octanol–water partition coefficient (Wildman–Crippen LogP) is 2.97. The molecule has 0 bridgehead atoms. The molecule has 0 aliphatic rings. The topological polar surface area (TPSA) is 29.5 Å². The summed E-state index contributed by atoms with van der Waals surface area (Å²) in [6, 6.07) is 8.51. The van der Waals surface area contributed by atoms with E-state index in [1.165, 1.54) is 11.1 Å². The number of aryl methyl sites for hydroxylation is 1. The molecule has 1 unspecified atom stereocenters. The lowest BCUT2D eigenvalue weighted by molar-refractivity contribution is 0.114. The lowest BCUT2D eigenvalue weighted by Crippen LogP contribution is -2.11. The second kappa shape index (κ2) is 8.26. The zero-order valence-electron chi connectivity index (χ0n) is 11.0. The Balaban J connectivity index is 2.26. The van der Waals surface area contributed by atoms with Crippen LogP contribution in [0.2, 0.25) is 0 Å². The first-order valence-electron chi connectivity index (χ1n) is 6.59. The maximum Gasteiger partial charge on any atom is 0.0581 e. The fourth-order valence-electron chi connectivity index (χ4n) is 1.85. The molecule has 1 atom stereocenters. The first-order chi connectivity index (χ1) is 8.26. The Kier molecular flexibility index (Phi) is 6.90. The van der Waals surface area contributed by atoms with Gasteiger partial charge in [-0.1, -0.05) is 31.2 Å². The van der Waals surface area contributed by atoms with Crippen LogP contribution in [0.15, 0.2) is 24.3 Å². The highest BCUT2D eigenvalue weighted by Crippen LogP contribution is 2.10. The van der Waals surface area contributed by atoms with Crippen molar-refractivity contribution in [2.45, 2.75) is 45.6 Å². The van der Waals surface area contributed by atoms with E-state index in [9.17, 15) is 5.11 Å². The number of rotatable bonds is 8. The first-order valence-corrected chi connectivity index (χ1v) is 6.59. The van der Waals surface area contributed by atoms with Crippen LogP contribution in [0.5, 0.6) is 0 Å². The van der Waals surface area contributed by atoms with Crippen LogP contribution in [0.4, 0.5) is 0 Å². The fourth-order valence-corrected chi connectivity index (χ4v) is 1.85. The van der Waals surface area contributed by atoms with Crippen LogP contribution in [0.25, 0.3) is 0 Å². The van der Waals surface area contributed by atoms with Gasteiger partial charge in [0.2, 0.25) is 0 Å². The third kappa shape index (κ3) is 5.85. The van der Waals surface area contributed by atoms with Gasteiger partial charge >= 0.3 is 0 Å². The number of hydrogen-bond acceptors (Lipinski definition) is 2. The Bertz CT molecular complexity index is 292. The van der Waals surface area contributed by atoms with Crippen LogP contribution in [0.1, 0.15) is 37.8 Å². The first kappa shape index (κ1) is 14.2. The smallest absolute Gasteiger partial charge is 0.0581 e. The highest BCUT2D eigenvalue weighted by molar-refractivity contribution is 5.22. The maximum absolute atomic E-state index is 9.87. The molecule has 2 nitrogen and oxygen atoms in total. The van der Waals surface area contributed by atoms with E-state index in [0.717, 1.165) is 38.9 Å². The standard InChI is InChI=1S/C15H24O2/c1-3-13-7-9-14(10-8-13)12-15(16)6-5-11-17-4-2/h7-10,15-16H,3-6,11-12H2,1-2H3. The minimum Gasteiger partial charge on any atom is -0.393 e. The molecule has 0 heterocycles. The summed E-state index contributed by atoms with van der Waals surface area (Å²) in [6.45, 7) is 5.65. The Hall–Kier alpha value is -0.860. The Morgan fingerprint density at radius 3 is 2.35 bits per heavy atom. The van der Waals surface area contributed by atoms with Gasteiger partial charge in [-0.3, -0.25) is 0 Å². The van der Waals surface area contributed by atoms with Crippen molar-refractivity contribution in [3.8, 4) is 0 Å². The second-order valence-corrected chi connectivity index (χ2v) is 4.37. The molecule has 0 aliphatic heterocycles. The highest BCUT2D eigenvalue weighted by atomic mass is 16.5. The van der Waals surface area contributed by atoms with E-state index in [2.05, 4.69) is 31.2 Å². The molecule has 1 N–H and O–H groups in total. The van der Waals surface area contributed by atoms with Gasteiger partial charge in [-0.25, -0.2) is 0 Å². The minimum absolute atomic E-state index is 0.247. The molecule has 0 spiro atoms. The molecule has 0 saturated carbocycles. The molecule has 1 rings (SSSR count). The van der Waals surface area contributed by atoms with Crippen LogP contribution in [0.3, 0.4) is 0 Å². The zero-order chi connectivity index (χ0) is 12.5. The highest BCUT2D eigenvalue weighted by Gasteiger charge is 2.05. The van der Waals surface area contributed by atoms with Crippen LogP contribution in [0, 0.1) is 0 Å². The van der Waals surface area contributed by atoms with Gasteiger partial charge in [0, 0.05) is 13.2 Å². The van der Waals surface area contributed by atoms with E-state index >= 15 is 0 Å². The summed E-state index contributed by atoms with van der Waals surface area (Å²) in [6.07, 6.45) is 3.31. The number of ether oxygens (including phenoxy) is 1. The molecule has 0 radical (unpaired) electrons. The van der Waals surface area contributed by atoms with Crippen molar-refractivity contribution in [1.29, 1.82) is 0 Å². The maximum atomic E-state index is 9.87. The zero-order valence-corrected chi connectivity index (χ0v) is 11.0. The number of aliphatic hydroxyl groups excluding tert-OH is 1. The average Bonchev–Trinajstić information content (AvgIpc) is 2.36. The van der Waals surface area contributed by atoms with Crippen molar-refractivity contribution in [2.24, 2.45) is 0 Å². The summed E-state index contributed by atoms with van der Waals surface area (Å²) in [5.41, 5.74) is 2.56. The van der Waals surface area contributed by atoms with Crippen LogP contribution in [-0.4, -0.2) is 24.4 Å². The second-order valence-electron chi connectivity index (χ2n) is 4.37. The molecular weight excluding hydrogens is 212 g/mol. The van der Waals surface area contributed by atoms with Crippen molar-refractivity contribution in [3.63, 3.8) is 0 Å². The predicted molar refractivity (Wildman–Crippen MR) is 71.3 cm³/mol. The van der Waals surface area contributed by atoms with Crippen molar-refractivity contribution < 1.29 is 9.84 Å². The number of aliphatic hydroxyl groups is 1. The summed E-state index contributed by atoms with van der Waals surface area (Å²) < 4.78 is 5.25. The molecule has 0 amide bonds. The van der Waals surface area contributed by atoms with Crippen LogP contribution < -0.4 is 0 Å². The quantitative estimate of drug-likeness (QED) is 0.703. The van der Waals surface area contributed by atoms with Gasteiger partial charge in [-0.05, 0) is 43.7 Å². The number of benzene rings is 1. The summed E-state index contributed by atoms with van der Waals surface area (Å²) in [4.78, 5) is 0. The molecule has 0 saturated heterocycles. The average molecular weight is 236 g/mol. The molecule has 0 aliphatic carbocycles. The fraction of sp³-hybridized carbons (Fsp3) is 0.600. The van der Waals surface area contributed by atoms with Gasteiger partial charge in [0.05, 0.1) is 6.10 Å². The van der Waals surface area contributed by atoms with E-state index in [0.29, 0.717) is 0 Å². The summed E-state index contributed by atoms with van der Waals surface area (Å²) >= 11 is 0. The Morgan fingerprint density at radius 1 is 1.12 bits per heavy atom. The van der Waals surface area contributed by atoms with Gasteiger partial charge in [0.1, 0.15) is 0 Å². The lowest BCUT2D eigenvalue weighted by Gasteiger charge is -2.11. The van der Waals surface area contributed by atoms with Crippen LogP contribution in [-0.2, 0) is 17.6 Å². The van der Waals surface area contributed by atoms with E-state index in [4.69, 9.17) is 4.74 Å². The summed E-state index contributed by atoms with van der Waals surface area (Å²) in [5.74, 6) is 0. The third-order valence-electron chi connectivity index (χ3n) is 2.93. The van der Waals surface area contributed by atoms with Gasteiger partial charge in [0.15, 0.2) is 0 Å². The Labute approximate surface area is 105 Å². The lowest BCUT2D eigenvalue weighted by atomic mass is 10.0. The van der Waals surface area contributed by atoms with Crippen molar-refractivity contribution in [2.75, 3.05) is 13.2 Å². The molecular formula is C15H24O2. The van der Waals surface area contributed by atoms with Gasteiger partial charge in [0.25, 0.3) is 0 Å². The van der Waals surface area contributed by atoms with Gasteiger partial charge < -0.3 is 9.84 Å².